The van der Waals surface area contributed by atoms with E-state index in [-0.39, 0.29) is 0 Å². The highest BCUT2D eigenvalue weighted by Crippen LogP contribution is 2.36. The molecule has 1 atom stereocenters. The molecule has 1 unspecified atom stereocenters. The lowest BCUT2D eigenvalue weighted by Crippen LogP contribution is -2.33. The molecule has 19 heavy (non-hydrogen) atoms. The van der Waals surface area contributed by atoms with Gasteiger partial charge in [-0.3, -0.25) is 4.98 Å². The fourth-order valence-corrected chi connectivity index (χ4v) is 2.30. The molecule has 5 heteroatoms. The molecule has 0 saturated carbocycles. The third-order valence-corrected chi connectivity index (χ3v) is 3.25. The van der Waals surface area contributed by atoms with Gasteiger partial charge in [0.2, 0.25) is 0 Å². The Hall–Kier alpha value is -2.07. The number of amides is 1. The molecule has 1 heterocycles. The molecule has 2 N–H and O–H groups in total. The molecule has 1 aromatic carbocycles. The van der Waals surface area contributed by atoms with Crippen molar-refractivity contribution in [1.82, 2.24) is 4.98 Å². The molecule has 2 rings (SSSR count). The Morgan fingerprint density at radius 3 is 2.47 bits per heavy atom. The fourth-order valence-electron chi connectivity index (χ4n) is 1.99. The molecule has 4 nitrogen and oxygen atoms in total. The van der Waals surface area contributed by atoms with Crippen molar-refractivity contribution in [3.63, 3.8) is 0 Å². The zero-order chi connectivity index (χ0) is 13.9. The Morgan fingerprint density at radius 1 is 1.26 bits per heavy atom. The third-order valence-electron chi connectivity index (χ3n) is 2.92. The van der Waals surface area contributed by atoms with E-state index in [2.05, 4.69) is 4.98 Å². The average Bonchev–Trinajstić information content (AvgIpc) is 2.39. The predicted octanol–water partition coefficient (Wildman–Crippen LogP) is 3.09. The highest BCUT2D eigenvalue weighted by molar-refractivity contribution is 6.31. The lowest BCUT2D eigenvalue weighted by Gasteiger charge is -2.30. The zero-order valence-corrected chi connectivity index (χ0v) is 11.1. The number of aromatic nitrogens is 1. The number of nitrogens with two attached hydrogens (primary N) is 1. The lowest BCUT2D eigenvalue weighted by atomic mass is 9.88. The number of hydrogen-bond acceptors (Lipinski definition) is 3. The molecular formula is C14H13ClN2O2. The van der Waals surface area contributed by atoms with Gasteiger partial charge in [-0.15, -0.1) is 0 Å². The summed E-state index contributed by atoms with van der Waals surface area (Å²) in [5.41, 5.74) is 5.55. The van der Waals surface area contributed by atoms with Crippen molar-refractivity contribution in [2.24, 2.45) is 5.73 Å². The average molecular weight is 277 g/mol. The molecule has 1 aromatic heterocycles. The molecule has 0 bridgehead atoms. The molecule has 0 aliphatic heterocycles. The van der Waals surface area contributed by atoms with Crippen molar-refractivity contribution >= 4 is 17.7 Å². The van der Waals surface area contributed by atoms with Crippen molar-refractivity contribution in [3.05, 3.63) is 64.9 Å². The van der Waals surface area contributed by atoms with Gasteiger partial charge in [0.05, 0.1) is 0 Å². The SMILES string of the molecule is CC(OC(N)=O)(c1ccncc1)c1ccccc1Cl. The molecule has 0 aliphatic carbocycles. The first-order valence-electron chi connectivity index (χ1n) is 5.68. The van der Waals surface area contributed by atoms with Gasteiger partial charge in [-0.05, 0) is 25.1 Å². The van der Waals surface area contributed by atoms with Crippen LogP contribution in [-0.4, -0.2) is 11.1 Å². The molecule has 98 valence electrons. The second-order valence-electron chi connectivity index (χ2n) is 4.17. The topological polar surface area (TPSA) is 65.2 Å². The number of rotatable bonds is 3. The number of benzene rings is 1. The summed E-state index contributed by atoms with van der Waals surface area (Å²) in [4.78, 5) is 15.2. The first kappa shape index (κ1) is 13.4. The van der Waals surface area contributed by atoms with Gasteiger partial charge < -0.3 is 10.5 Å². The first-order valence-corrected chi connectivity index (χ1v) is 6.06. The standard InChI is InChI=1S/C14H13ClN2O2/c1-14(19-13(16)18,10-6-8-17-9-7-10)11-4-2-3-5-12(11)15/h2-9H,1H3,(H2,16,18). The number of hydrogen-bond donors (Lipinski definition) is 1. The largest absolute Gasteiger partial charge is 0.433 e. The molecule has 0 radical (unpaired) electrons. The van der Waals surface area contributed by atoms with Crippen LogP contribution in [0.15, 0.2) is 48.8 Å². The van der Waals surface area contributed by atoms with Crippen LogP contribution < -0.4 is 5.73 Å². The minimum Gasteiger partial charge on any atom is -0.433 e. The molecule has 0 aliphatic rings. The van der Waals surface area contributed by atoms with E-state index < -0.39 is 11.7 Å². The zero-order valence-electron chi connectivity index (χ0n) is 10.3. The summed E-state index contributed by atoms with van der Waals surface area (Å²) in [5.74, 6) is 0. The van der Waals surface area contributed by atoms with Crippen LogP contribution in [0, 0.1) is 0 Å². The van der Waals surface area contributed by atoms with Gasteiger partial charge in [-0.25, -0.2) is 4.79 Å². The van der Waals surface area contributed by atoms with Crippen LogP contribution in [0.1, 0.15) is 18.1 Å². The molecule has 2 aromatic rings. The Bertz CT molecular complexity index is 589. The van der Waals surface area contributed by atoms with Gasteiger partial charge >= 0.3 is 6.09 Å². The van der Waals surface area contributed by atoms with Crippen molar-refractivity contribution in [2.75, 3.05) is 0 Å². The van der Waals surface area contributed by atoms with Crippen LogP contribution in [0.5, 0.6) is 0 Å². The molecule has 0 fully saturated rings. The smallest absolute Gasteiger partial charge is 0.405 e. The summed E-state index contributed by atoms with van der Waals surface area (Å²) in [5, 5.41) is 0.503. The van der Waals surface area contributed by atoms with E-state index in [1.807, 2.05) is 12.1 Å². The molecule has 0 saturated heterocycles. The molecule has 0 spiro atoms. The van der Waals surface area contributed by atoms with Crippen molar-refractivity contribution in [1.29, 1.82) is 0 Å². The van der Waals surface area contributed by atoms with E-state index in [0.29, 0.717) is 10.6 Å². The minimum atomic E-state index is -1.05. The summed E-state index contributed by atoms with van der Waals surface area (Å²) < 4.78 is 5.32. The quantitative estimate of drug-likeness (QED) is 0.937. The van der Waals surface area contributed by atoms with E-state index in [1.54, 1.807) is 43.6 Å². The maximum Gasteiger partial charge on any atom is 0.405 e. The number of carbonyl (C=O) groups is 1. The summed E-state index contributed by atoms with van der Waals surface area (Å²) in [7, 11) is 0. The molecule has 1 amide bonds. The summed E-state index contributed by atoms with van der Waals surface area (Å²) >= 11 is 6.19. The number of carbonyl (C=O) groups excluding carboxylic acids is 1. The first-order chi connectivity index (χ1) is 9.04. The van der Waals surface area contributed by atoms with Gasteiger partial charge in [0, 0.05) is 28.5 Å². The van der Waals surface area contributed by atoms with E-state index in [4.69, 9.17) is 22.1 Å². The van der Waals surface area contributed by atoms with Gasteiger partial charge in [-0.1, -0.05) is 29.8 Å². The van der Waals surface area contributed by atoms with E-state index in [9.17, 15) is 4.79 Å². The number of nitrogens with zero attached hydrogens (tertiary/aromatic N) is 1. The van der Waals surface area contributed by atoms with E-state index >= 15 is 0 Å². The second-order valence-corrected chi connectivity index (χ2v) is 4.58. The van der Waals surface area contributed by atoms with Crippen LogP contribution in [0.4, 0.5) is 4.79 Å². The number of pyridine rings is 1. The summed E-state index contributed by atoms with van der Waals surface area (Å²) in [6, 6.07) is 10.7. The lowest BCUT2D eigenvalue weighted by molar-refractivity contribution is 0.0596. The van der Waals surface area contributed by atoms with Crippen LogP contribution in [0.25, 0.3) is 0 Å². The van der Waals surface area contributed by atoms with Crippen molar-refractivity contribution in [3.8, 4) is 0 Å². The third kappa shape index (κ3) is 2.69. The summed E-state index contributed by atoms with van der Waals surface area (Å²) in [6.45, 7) is 1.74. The van der Waals surface area contributed by atoms with Crippen LogP contribution in [0.3, 0.4) is 0 Å². The Labute approximate surface area is 116 Å². The maximum absolute atomic E-state index is 11.2. The normalized spacial score (nSPS) is 13.6. The minimum absolute atomic E-state index is 0.503. The Balaban J connectivity index is 2.59. The van der Waals surface area contributed by atoms with Gasteiger partial charge in [-0.2, -0.15) is 0 Å². The maximum atomic E-state index is 11.2. The van der Waals surface area contributed by atoms with Gasteiger partial charge in [0.25, 0.3) is 0 Å². The van der Waals surface area contributed by atoms with E-state index in [0.717, 1.165) is 5.56 Å². The van der Waals surface area contributed by atoms with Crippen LogP contribution >= 0.6 is 11.6 Å². The highest BCUT2D eigenvalue weighted by Gasteiger charge is 2.34. The second kappa shape index (κ2) is 5.28. The van der Waals surface area contributed by atoms with Crippen molar-refractivity contribution < 1.29 is 9.53 Å². The number of halogens is 1. The van der Waals surface area contributed by atoms with Crippen LogP contribution in [-0.2, 0) is 10.3 Å². The van der Waals surface area contributed by atoms with E-state index in [1.165, 1.54) is 0 Å². The van der Waals surface area contributed by atoms with Gasteiger partial charge in [0.1, 0.15) is 0 Å². The Morgan fingerprint density at radius 2 is 1.89 bits per heavy atom. The molecular weight excluding hydrogens is 264 g/mol. The van der Waals surface area contributed by atoms with Gasteiger partial charge in [0.15, 0.2) is 5.60 Å². The predicted molar refractivity (Wildman–Crippen MR) is 72.8 cm³/mol. The Kier molecular flexibility index (Phi) is 3.71. The fraction of sp³-hybridized carbons (Fsp3) is 0.143. The van der Waals surface area contributed by atoms with Crippen molar-refractivity contribution in [2.45, 2.75) is 12.5 Å². The van der Waals surface area contributed by atoms with Crippen LogP contribution in [0.2, 0.25) is 5.02 Å². The number of primary amides is 1. The summed E-state index contributed by atoms with van der Waals surface area (Å²) in [6.07, 6.45) is 2.38. The highest BCUT2D eigenvalue weighted by atomic mass is 35.5. The number of ether oxygens (including phenoxy) is 1. The monoisotopic (exact) mass is 276 g/mol.